The maximum absolute atomic E-state index is 12.0. The van der Waals surface area contributed by atoms with E-state index < -0.39 is 0 Å². The van der Waals surface area contributed by atoms with Gasteiger partial charge in [-0.15, -0.1) is 0 Å². The summed E-state index contributed by atoms with van der Waals surface area (Å²) in [6.07, 6.45) is 5.47. The molecule has 0 unspecified atom stereocenters. The van der Waals surface area contributed by atoms with Gasteiger partial charge in [0.1, 0.15) is 0 Å². The zero-order valence-corrected chi connectivity index (χ0v) is 10.3. The predicted octanol–water partition coefficient (Wildman–Crippen LogP) is 0.735. The number of carbonyl (C=O) groups is 1. The Labute approximate surface area is 111 Å². The predicted molar refractivity (Wildman–Crippen MR) is 72.3 cm³/mol. The molecule has 0 aliphatic carbocycles. The summed E-state index contributed by atoms with van der Waals surface area (Å²) in [5.41, 5.74) is 4.36. The molecule has 6 heteroatoms. The van der Waals surface area contributed by atoms with E-state index in [0.717, 1.165) is 5.69 Å². The number of hydrogen-bond acceptors (Lipinski definition) is 5. The van der Waals surface area contributed by atoms with E-state index in [2.05, 4.69) is 20.7 Å². The number of nitrogens with zero attached hydrogens (tertiary/aromatic N) is 2. The second-order valence-electron chi connectivity index (χ2n) is 3.89. The van der Waals surface area contributed by atoms with Gasteiger partial charge >= 0.3 is 0 Å². The maximum Gasteiger partial charge on any atom is 0.253 e. The van der Waals surface area contributed by atoms with Crippen molar-refractivity contribution in [1.29, 1.82) is 0 Å². The van der Waals surface area contributed by atoms with Gasteiger partial charge in [-0.1, -0.05) is 6.07 Å². The topological polar surface area (TPSA) is 92.9 Å². The Morgan fingerprint density at radius 1 is 1.26 bits per heavy atom. The number of nitrogens with one attached hydrogen (secondary N) is 2. The number of hydrogen-bond donors (Lipinski definition) is 3. The quantitative estimate of drug-likeness (QED) is 0.542. The Hall–Kier alpha value is -2.47. The van der Waals surface area contributed by atoms with Crippen molar-refractivity contribution in [2.24, 2.45) is 5.84 Å². The molecule has 98 valence electrons. The summed E-state index contributed by atoms with van der Waals surface area (Å²) in [6, 6.07) is 7.32. The molecule has 0 spiro atoms. The fourth-order valence-corrected chi connectivity index (χ4v) is 1.65. The lowest BCUT2D eigenvalue weighted by atomic mass is 10.2. The van der Waals surface area contributed by atoms with E-state index >= 15 is 0 Å². The smallest absolute Gasteiger partial charge is 0.253 e. The molecule has 1 amide bonds. The molecular weight excluding hydrogens is 242 g/mol. The van der Waals surface area contributed by atoms with E-state index in [0.29, 0.717) is 24.2 Å². The van der Waals surface area contributed by atoms with Crippen molar-refractivity contribution in [2.75, 3.05) is 12.0 Å². The first-order valence-electron chi connectivity index (χ1n) is 5.90. The summed E-state index contributed by atoms with van der Waals surface area (Å²) in [7, 11) is 0. The molecule has 2 aromatic heterocycles. The minimum Gasteiger partial charge on any atom is -0.352 e. The summed E-state index contributed by atoms with van der Waals surface area (Å²) in [6.45, 7) is 0.516. The van der Waals surface area contributed by atoms with Crippen LogP contribution >= 0.6 is 0 Å². The van der Waals surface area contributed by atoms with E-state index in [1.54, 1.807) is 18.5 Å². The van der Waals surface area contributed by atoms with Gasteiger partial charge in [-0.25, -0.2) is 0 Å². The number of nitrogen functional groups attached to an aromatic ring is 1. The van der Waals surface area contributed by atoms with Crippen LogP contribution in [0.3, 0.4) is 0 Å². The summed E-state index contributed by atoms with van der Waals surface area (Å²) in [5, 5.41) is 2.82. The molecule has 2 heterocycles. The summed E-state index contributed by atoms with van der Waals surface area (Å²) in [4.78, 5) is 20.0. The third-order valence-corrected chi connectivity index (χ3v) is 2.61. The Kier molecular flexibility index (Phi) is 4.41. The van der Waals surface area contributed by atoms with Crippen molar-refractivity contribution in [3.8, 4) is 0 Å². The number of carbonyl (C=O) groups excluding carboxylic acids is 1. The Bertz CT molecular complexity index is 544. The third kappa shape index (κ3) is 3.49. The van der Waals surface area contributed by atoms with Crippen molar-refractivity contribution < 1.29 is 4.79 Å². The van der Waals surface area contributed by atoms with Crippen LogP contribution in [0.2, 0.25) is 0 Å². The number of aromatic nitrogens is 2. The van der Waals surface area contributed by atoms with Gasteiger partial charge in [0.25, 0.3) is 5.91 Å². The van der Waals surface area contributed by atoms with Gasteiger partial charge in [-0.2, -0.15) is 0 Å². The number of pyridine rings is 2. The first-order valence-corrected chi connectivity index (χ1v) is 5.90. The molecule has 2 rings (SSSR count). The van der Waals surface area contributed by atoms with Crippen LogP contribution in [0.5, 0.6) is 0 Å². The molecule has 0 aliphatic rings. The van der Waals surface area contributed by atoms with Crippen LogP contribution < -0.4 is 16.6 Å². The molecule has 0 aromatic carbocycles. The van der Waals surface area contributed by atoms with Crippen molar-refractivity contribution in [3.05, 3.63) is 54.1 Å². The van der Waals surface area contributed by atoms with Crippen molar-refractivity contribution in [3.63, 3.8) is 0 Å². The van der Waals surface area contributed by atoms with Crippen molar-refractivity contribution >= 4 is 11.6 Å². The van der Waals surface area contributed by atoms with Gasteiger partial charge in [0, 0.05) is 31.1 Å². The van der Waals surface area contributed by atoms with Crippen LogP contribution in [-0.2, 0) is 6.42 Å². The lowest BCUT2D eigenvalue weighted by molar-refractivity contribution is 0.0954. The molecular formula is C13H15N5O. The van der Waals surface area contributed by atoms with Crippen LogP contribution in [0.25, 0.3) is 0 Å². The second-order valence-corrected chi connectivity index (χ2v) is 3.89. The molecule has 2 aromatic rings. The zero-order valence-electron chi connectivity index (χ0n) is 10.3. The van der Waals surface area contributed by atoms with E-state index in [1.807, 2.05) is 18.2 Å². The van der Waals surface area contributed by atoms with Crippen LogP contribution in [0, 0.1) is 0 Å². The average molecular weight is 257 g/mol. The van der Waals surface area contributed by atoms with Gasteiger partial charge in [0.15, 0.2) is 0 Å². The maximum atomic E-state index is 12.0. The fourth-order valence-electron chi connectivity index (χ4n) is 1.65. The van der Waals surface area contributed by atoms with Crippen molar-refractivity contribution in [1.82, 2.24) is 15.3 Å². The second kappa shape index (κ2) is 6.46. The molecule has 0 radical (unpaired) electrons. The van der Waals surface area contributed by atoms with Crippen LogP contribution in [0.4, 0.5) is 5.69 Å². The highest BCUT2D eigenvalue weighted by molar-refractivity contribution is 5.99. The highest BCUT2D eigenvalue weighted by Crippen LogP contribution is 2.11. The number of rotatable bonds is 5. The Morgan fingerprint density at radius 3 is 2.89 bits per heavy atom. The first kappa shape index (κ1) is 13.0. The molecule has 0 atom stereocenters. The largest absolute Gasteiger partial charge is 0.352 e. The normalized spacial score (nSPS) is 9.95. The van der Waals surface area contributed by atoms with Gasteiger partial charge < -0.3 is 10.7 Å². The molecule has 0 saturated carbocycles. The molecule has 0 aliphatic heterocycles. The lowest BCUT2D eigenvalue weighted by Gasteiger charge is -2.08. The van der Waals surface area contributed by atoms with Gasteiger partial charge in [0.2, 0.25) is 0 Å². The highest BCUT2D eigenvalue weighted by Gasteiger charge is 2.09. The van der Waals surface area contributed by atoms with E-state index in [9.17, 15) is 4.79 Å². The van der Waals surface area contributed by atoms with Crippen molar-refractivity contribution in [2.45, 2.75) is 6.42 Å². The minimum absolute atomic E-state index is 0.189. The molecule has 0 bridgehead atoms. The molecule has 4 N–H and O–H groups in total. The average Bonchev–Trinajstić information content (AvgIpc) is 2.48. The van der Waals surface area contributed by atoms with Gasteiger partial charge in [-0.3, -0.25) is 20.6 Å². The van der Waals surface area contributed by atoms with Gasteiger partial charge in [-0.05, 0) is 18.2 Å². The van der Waals surface area contributed by atoms with Gasteiger partial charge in [0.05, 0.1) is 17.4 Å². The number of anilines is 1. The zero-order chi connectivity index (χ0) is 13.5. The summed E-state index contributed by atoms with van der Waals surface area (Å²) in [5.74, 6) is 5.14. The van der Waals surface area contributed by atoms with Crippen LogP contribution in [0.15, 0.2) is 42.9 Å². The fraction of sp³-hybridized carbons (Fsp3) is 0.154. The summed E-state index contributed by atoms with van der Waals surface area (Å²) >= 11 is 0. The summed E-state index contributed by atoms with van der Waals surface area (Å²) < 4.78 is 0. The number of nitrogens with two attached hydrogens (primary N) is 1. The van der Waals surface area contributed by atoms with E-state index in [1.165, 1.54) is 6.20 Å². The van der Waals surface area contributed by atoms with Crippen LogP contribution in [-0.4, -0.2) is 22.4 Å². The van der Waals surface area contributed by atoms with E-state index in [4.69, 9.17) is 5.84 Å². The monoisotopic (exact) mass is 257 g/mol. The first-order chi connectivity index (χ1) is 9.31. The molecule has 6 nitrogen and oxygen atoms in total. The van der Waals surface area contributed by atoms with Crippen LogP contribution in [0.1, 0.15) is 16.1 Å². The molecule has 0 saturated heterocycles. The number of hydrazine groups is 1. The highest BCUT2D eigenvalue weighted by atomic mass is 16.1. The Morgan fingerprint density at radius 2 is 2.16 bits per heavy atom. The lowest BCUT2D eigenvalue weighted by Crippen LogP contribution is -2.27. The number of amides is 1. The standard InChI is InChI=1S/C13H15N5O/c14-18-12-9-15-7-5-11(12)13(19)17-8-4-10-3-1-2-6-16-10/h1-3,5-7,9,18H,4,8,14H2,(H,17,19). The van der Waals surface area contributed by atoms with E-state index in [-0.39, 0.29) is 5.91 Å². The Balaban J connectivity index is 1.91. The molecule has 0 fully saturated rings. The SMILES string of the molecule is NNc1cnccc1C(=O)NCCc1ccccn1. The molecule has 19 heavy (non-hydrogen) atoms. The minimum atomic E-state index is -0.189. The third-order valence-electron chi connectivity index (χ3n) is 2.61.